The molecule has 130 valence electrons. The number of amides is 1. The number of benzene rings is 1. The first-order chi connectivity index (χ1) is 11.4. The van der Waals surface area contributed by atoms with Crippen LogP contribution in [0.4, 0.5) is 0 Å². The van der Waals surface area contributed by atoms with Crippen LogP contribution in [0.5, 0.6) is 0 Å². The Morgan fingerprint density at radius 2 is 2.04 bits per heavy atom. The topological polar surface area (TPSA) is 64.6 Å². The molecule has 0 aliphatic carbocycles. The van der Waals surface area contributed by atoms with E-state index >= 15 is 0 Å². The number of hydrogen-bond acceptors (Lipinski definition) is 4. The molecule has 1 aromatic carbocycles. The Balaban J connectivity index is 1.63. The number of nitrogens with one attached hydrogen (secondary N) is 1. The molecule has 2 saturated heterocycles. The molecule has 1 aromatic rings. The van der Waals surface area contributed by atoms with E-state index in [0.717, 1.165) is 6.42 Å². The average molecular weight is 331 g/mol. The molecular weight excluding hydrogens is 306 g/mol. The molecule has 5 heteroatoms. The van der Waals surface area contributed by atoms with Crippen LogP contribution in [0.3, 0.4) is 0 Å². The highest BCUT2D eigenvalue weighted by molar-refractivity contribution is 5.87. The summed E-state index contributed by atoms with van der Waals surface area (Å²) in [6, 6.07) is 10.0. The molecule has 2 atom stereocenters. The number of carbonyl (C=O) groups excluding carboxylic acids is 2. The summed E-state index contributed by atoms with van der Waals surface area (Å²) < 4.78 is 11.4. The largest absolute Gasteiger partial charge is 0.458 e. The molecule has 2 fully saturated rings. The number of ether oxygens (including phenoxy) is 2. The van der Waals surface area contributed by atoms with Crippen molar-refractivity contribution in [2.24, 2.45) is 5.92 Å². The Morgan fingerprint density at radius 1 is 1.29 bits per heavy atom. The second-order valence-electron chi connectivity index (χ2n) is 7.36. The van der Waals surface area contributed by atoms with Crippen LogP contribution in [0.1, 0.15) is 38.7 Å². The van der Waals surface area contributed by atoms with Gasteiger partial charge in [0.2, 0.25) is 5.91 Å². The van der Waals surface area contributed by atoms with Gasteiger partial charge in [-0.05, 0) is 25.8 Å². The van der Waals surface area contributed by atoms with Crippen molar-refractivity contribution in [1.29, 1.82) is 0 Å². The molecule has 2 heterocycles. The minimum atomic E-state index is -0.713. The predicted molar refractivity (Wildman–Crippen MR) is 89.4 cm³/mol. The van der Waals surface area contributed by atoms with Crippen molar-refractivity contribution in [1.82, 2.24) is 5.32 Å². The van der Waals surface area contributed by atoms with E-state index < -0.39 is 11.5 Å². The summed E-state index contributed by atoms with van der Waals surface area (Å²) in [5.41, 5.74) is 0.0830. The molecule has 5 nitrogen and oxygen atoms in total. The number of hydrogen-bond donors (Lipinski definition) is 1. The highest BCUT2D eigenvalue weighted by Crippen LogP contribution is 2.45. The molecule has 0 aromatic heterocycles. The molecule has 2 aliphatic heterocycles. The zero-order valence-electron chi connectivity index (χ0n) is 14.3. The Labute approximate surface area is 142 Å². The zero-order valence-corrected chi connectivity index (χ0v) is 14.3. The van der Waals surface area contributed by atoms with Crippen molar-refractivity contribution in [3.8, 4) is 0 Å². The van der Waals surface area contributed by atoms with Crippen LogP contribution in [0.2, 0.25) is 0 Å². The molecule has 2 aliphatic rings. The van der Waals surface area contributed by atoms with Gasteiger partial charge in [0, 0.05) is 19.4 Å². The van der Waals surface area contributed by atoms with E-state index in [0.29, 0.717) is 26.0 Å². The molecule has 1 N–H and O–H groups in total. The molecule has 1 amide bonds. The van der Waals surface area contributed by atoms with E-state index in [1.165, 1.54) is 5.56 Å². The summed E-state index contributed by atoms with van der Waals surface area (Å²) in [5, 5.41) is 2.98. The molecule has 0 bridgehead atoms. The highest BCUT2D eigenvalue weighted by atomic mass is 16.6. The lowest BCUT2D eigenvalue weighted by Gasteiger charge is -2.43. The van der Waals surface area contributed by atoms with Gasteiger partial charge >= 0.3 is 5.97 Å². The van der Waals surface area contributed by atoms with Crippen LogP contribution >= 0.6 is 0 Å². The molecule has 24 heavy (non-hydrogen) atoms. The predicted octanol–water partition coefficient (Wildman–Crippen LogP) is 2.24. The smallest absolute Gasteiger partial charge is 0.307 e. The van der Waals surface area contributed by atoms with Gasteiger partial charge in [-0.2, -0.15) is 0 Å². The van der Waals surface area contributed by atoms with Gasteiger partial charge in [0.1, 0.15) is 5.60 Å². The third-order valence-corrected chi connectivity index (χ3v) is 4.94. The van der Waals surface area contributed by atoms with Crippen LogP contribution in [0.15, 0.2) is 30.3 Å². The second kappa shape index (κ2) is 6.55. The first kappa shape index (κ1) is 17.0. The van der Waals surface area contributed by atoms with E-state index in [-0.39, 0.29) is 23.9 Å². The van der Waals surface area contributed by atoms with Gasteiger partial charge in [-0.3, -0.25) is 9.59 Å². The maximum absolute atomic E-state index is 12.7. The minimum absolute atomic E-state index is 0.0884. The number of carbonyl (C=O) groups is 2. The maximum atomic E-state index is 12.7. The number of esters is 1. The Kier molecular flexibility index (Phi) is 4.63. The van der Waals surface area contributed by atoms with E-state index in [1.807, 2.05) is 44.2 Å². The average Bonchev–Trinajstić information content (AvgIpc) is 2.82. The van der Waals surface area contributed by atoms with Gasteiger partial charge in [-0.1, -0.05) is 30.3 Å². The lowest BCUT2D eigenvalue weighted by molar-refractivity contribution is -0.179. The van der Waals surface area contributed by atoms with E-state index in [2.05, 4.69) is 5.32 Å². The molecule has 0 unspecified atom stereocenters. The minimum Gasteiger partial charge on any atom is -0.458 e. The molecule has 0 radical (unpaired) electrons. The maximum Gasteiger partial charge on any atom is 0.307 e. The van der Waals surface area contributed by atoms with Crippen LogP contribution in [-0.2, 0) is 25.5 Å². The van der Waals surface area contributed by atoms with Crippen molar-refractivity contribution in [2.75, 3.05) is 13.2 Å². The molecule has 3 rings (SSSR count). The van der Waals surface area contributed by atoms with E-state index in [1.54, 1.807) is 0 Å². The molecular formula is C19H25NO4. The van der Waals surface area contributed by atoms with Gasteiger partial charge in [0.25, 0.3) is 0 Å². The Morgan fingerprint density at radius 3 is 2.75 bits per heavy atom. The van der Waals surface area contributed by atoms with Gasteiger partial charge in [-0.25, -0.2) is 0 Å². The van der Waals surface area contributed by atoms with Crippen molar-refractivity contribution < 1.29 is 19.1 Å². The fraction of sp³-hybridized carbons (Fsp3) is 0.579. The van der Waals surface area contributed by atoms with E-state index in [9.17, 15) is 9.59 Å². The Hall–Kier alpha value is -1.88. The Bertz CT molecular complexity index is 613. The molecule has 1 spiro atoms. The fourth-order valence-electron chi connectivity index (χ4n) is 3.87. The first-order valence-corrected chi connectivity index (χ1v) is 8.58. The fourth-order valence-corrected chi connectivity index (χ4v) is 3.87. The third kappa shape index (κ3) is 3.61. The van der Waals surface area contributed by atoms with E-state index in [4.69, 9.17) is 9.47 Å². The molecule has 0 saturated carbocycles. The zero-order chi connectivity index (χ0) is 17.2. The van der Waals surface area contributed by atoms with Crippen molar-refractivity contribution in [2.45, 2.75) is 50.7 Å². The SMILES string of the molecule is CC1(C)C[C@]2(CCO1)OC(=O)C[C@@H]2C(=O)NCCc1ccccc1. The van der Waals surface area contributed by atoms with Crippen molar-refractivity contribution in [3.05, 3.63) is 35.9 Å². The van der Waals surface area contributed by atoms with Crippen LogP contribution in [0.25, 0.3) is 0 Å². The summed E-state index contributed by atoms with van der Waals surface area (Å²) in [4.78, 5) is 24.6. The third-order valence-electron chi connectivity index (χ3n) is 4.94. The summed E-state index contributed by atoms with van der Waals surface area (Å²) >= 11 is 0. The normalized spacial score (nSPS) is 28.6. The standard InChI is InChI=1S/C19H25NO4/c1-18(2)13-19(9-11-23-18)15(12-16(21)24-19)17(22)20-10-8-14-6-4-3-5-7-14/h3-7,15H,8-13H2,1-2H3,(H,20,22)/t15-,19+/m1/s1. The van der Waals surface area contributed by atoms with Gasteiger partial charge in [0.15, 0.2) is 0 Å². The first-order valence-electron chi connectivity index (χ1n) is 8.58. The lowest BCUT2D eigenvalue weighted by atomic mass is 9.75. The summed E-state index contributed by atoms with van der Waals surface area (Å²) in [6.45, 7) is 5.02. The van der Waals surface area contributed by atoms with Crippen LogP contribution in [0, 0.1) is 5.92 Å². The lowest BCUT2D eigenvalue weighted by Crippen LogP contribution is -2.53. The second-order valence-corrected chi connectivity index (χ2v) is 7.36. The number of rotatable bonds is 4. The van der Waals surface area contributed by atoms with Gasteiger partial charge in [-0.15, -0.1) is 0 Å². The quantitative estimate of drug-likeness (QED) is 0.860. The van der Waals surface area contributed by atoms with Crippen LogP contribution < -0.4 is 5.32 Å². The summed E-state index contributed by atoms with van der Waals surface area (Å²) in [5.74, 6) is -0.797. The van der Waals surface area contributed by atoms with Crippen LogP contribution in [-0.4, -0.2) is 36.2 Å². The van der Waals surface area contributed by atoms with Crippen molar-refractivity contribution in [3.63, 3.8) is 0 Å². The monoisotopic (exact) mass is 331 g/mol. The summed E-state index contributed by atoms with van der Waals surface area (Å²) in [7, 11) is 0. The van der Waals surface area contributed by atoms with Gasteiger partial charge < -0.3 is 14.8 Å². The highest BCUT2D eigenvalue weighted by Gasteiger charge is 2.56. The van der Waals surface area contributed by atoms with Crippen molar-refractivity contribution >= 4 is 11.9 Å². The van der Waals surface area contributed by atoms with Gasteiger partial charge in [0.05, 0.1) is 24.5 Å². The summed E-state index contributed by atoms with van der Waals surface area (Å²) in [6.07, 6.45) is 2.07.